The highest BCUT2D eigenvalue weighted by Crippen LogP contribution is 2.38. The van der Waals surface area contributed by atoms with Crippen LogP contribution in [0.25, 0.3) is 0 Å². The molecule has 5 heteroatoms. The predicted molar refractivity (Wildman–Crippen MR) is 99.1 cm³/mol. The first-order valence-corrected chi connectivity index (χ1v) is 14.4. The Morgan fingerprint density at radius 2 is 1.48 bits per heavy atom. The number of hydrogen-bond acceptors (Lipinski definition) is 3. The summed E-state index contributed by atoms with van der Waals surface area (Å²) < 4.78 is 12.8. The maximum Gasteiger partial charge on any atom is 0.192 e. The fourth-order valence-corrected chi connectivity index (χ4v) is 3.97. The summed E-state index contributed by atoms with van der Waals surface area (Å²) in [7, 11) is 0.982. The molecule has 0 bridgehead atoms. The molecule has 0 aromatic rings. The van der Waals surface area contributed by atoms with Crippen LogP contribution in [0.3, 0.4) is 0 Å². The molecule has 0 amide bonds. The monoisotopic (exact) mass is 333 g/mol. The van der Waals surface area contributed by atoms with Gasteiger partial charge < -0.3 is 13.8 Å². The molecule has 0 aliphatic rings. The minimum atomic E-state index is -1.76. The Hall–Kier alpha value is 0.314. The van der Waals surface area contributed by atoms with Crippen molar-refractivity contribution in [3.63, 3.8) is 0 Å². The molecule has 0 rings (SSSR count). The van der Waals surface area contributed by atoms with Crippen molar-refractivity contribution in [1.29, 1.82) is 0 Å². The molecule has 0 saturated carbocycles. The second-order valence-corrected chi connectivity index (χ2v) is 18.3. The van der Waals surface area contributed by atoms with Gasteiger partial charge in [0, 0.05) is 6.54 Å². The predicted octanol–water partition coefficient (Wildman–Crippen LogP) is 4.43. The standard InChI is InChI=1S/C16H39NO2Si2/c1-14(12-17(5)6)15(13-18-20(7,8)9)19-21(10,11)16(2,3)4/h14-15H,12-13H2,1-11H3/t14-,15-/m0/s1. The molecule has 0 aromatic heterocycles. The lowest BCUT2D eigenvalue weighted by atomic mass is 10.1. The van der Waals surface area contributed by atoms with Gasteiger partial charge in [0.25, 0.3) is 0 Å². The van der Waals surface area contributed by atoms with Crippen LogP contribution in [0.4, 0.5) is 0 Å². The first-order chi connectivity index (χ1) is 9.16. The lowest BCUT2D eigenvalue weighted by Crippen LogP contribution is -2.49. The van der Waals surface area contributed by atoms with E-state index in [1.165, 1.54) is 0 Å². The summed E-state index contributed by atoms with van der Waals surface area (Å²) in [6.45, 7) is 22.3. The van der Waals surface area contributed by atoms with Gasteiger partial charge in [-0.05, 0) is 57.8 Å². The molecule has 0 N–H and O–H groups in total. The maximum atomic E-state index is 6.67. The largest absolute Gasteiger partial charge is 0.415 e. The van der Waals surface area contributed by atoms with E-state index >= 15 is 0 Å². The topological polar surface area (TPSA) is 21.7 Å². The van der Waals surface area contributed by atoms with Crippen LogP contribution in [0.1, 0.15) is 27.7 Å². The number of rotatable bonds is 8. The van der Waals surface area contributed by atoms with Crippen molar-refractivity contribution < 1.29 is 8.85 Å². The smallest absolute Gasteiger partial charge is 0.192 e. The SMILES string of the molecule is C[C@@H](CN(C)C)[C@H](CO[Si](C)(C)C)O[Si](C)(C)C(C)(C)C. The Bertz CT molecular complexity index is 306. The molecule has 0 radical (unpaired) electrons. The Morgan fingerprint density at radius 3 is 1.81 bits per heavy atom. The van der Waals surface area contributed by atoms with Crippen molar-refractivity contribution in [2.75, 3.05) is 27.2 Å². The molecule has 21 heavy (non-hydrogen) atoms. The van der Waals surface area contributed by atoms with E-state index in [1.807, 2.05) is 0 Å². The zero-order valence-corrected chi connectivity index (χ0v) is 18.3. The molecule has 128 valence electrons. The lowest BCUT2D eigenvalue weighted by molar-refractivity contribution is 0.0592. The second kappa shape index (κ2) is 7.73. The summed E-state index contributed by atoms with van der Waals surface area (Å²) in [4.78, 5) is 2.24. The summed E-state index contributed by atoms with van der Waals surface area (Å²) >= 11 is 0. The van der Waals surface area contributed by atoms with Crippen molar-refractivity contribution in [2.24, 2.45) is 5.92 Å². The van der Waals surface area contributed by atoms with Gasteiger partial charge in [0.05, 0.1) is 12.7 Å². The summed E-state index contributed by atoms with van der Waals surface area (Å²) in [5.74, 6) is 0.477. The molecule has 0 aliphatic carbocycles. The zero-order chi connectivity index (χ0) is 17.1. The van der Waals surface area contributed by atoms with Gasteiger partial charge in [0.15, 0.2) is 16.6 Å². The third kappa shape index (κ3) is 8.50. The van der Waals surface area contributed by atoms with E-state index in [1.54, 1.807) is 0 Å². The van der Waals surface area contributed by atoms with Crippen molar-refractivity contribution in [2.45, 2.75) is 71.6 Å². The third-order valence-electron chi connectivity index (χ3n) is 4.22. The van der Waals surface area contributed by atoms with E-state index < -0.39 is 16.6 Å². The van der Waals surface area contributed by atoms with E-state index in [4.69, 9.17) is 8.85 Å². The quantitative estimate of drug-likeness (QED) is 0.614. The number of hydrogen-bond donors (Lipinski definition) is 0. The molecule has 0 unspecified atom stereocenters. The van der Waals surface area contributed by atoms with Crippen molar-refractivity contribution in [3.8, 4) is 0 Å². The molecule has 0 heterocycles. The van der Waals surface area contributed by atoms with Crippen molar-refractivity contribution >= 4 is 16.6 Å². The molecule has 0 saturated heterocycles. The zero-order valence-electron chi connectivity index (χ0n) is 16.3. The molecule has 2 atom stereocenters. The summed E-state index contributed by atoms with van der Waals surface area (Å²) in [6, 6.07) is 0. The highest BCUT2D eigenvalue weighted by atomic mass is 28.4. The Labute approximate surface area is 135 Å². The molecule has 0 aliphatic heterocycles. The first-order valence-electron chi connectivity index (χ1n) is 8.12. The average Bonchev–Trinajstić information content (AvgIpc) is 2.19. The van der Waals surface area contributed by atoms with Crippen LogP contribution in [0, 0.1) is 5.92 Å². The van der Waals surface area contributed by atoms with Crippen LogP contribution in [-0.2, 0) is 8.85 Å². The van der Waals surface area contributed by atoms with Gasteiger partial charge in [-0.15, -0.1) is 0 Å². The van der Waals surface area contributed by atoms with Gasteiger partial charge in [-0.1, -0.05) is 27.7 Å². The van der Waals surface area contributed by atoms with E-state index in [2.05, 4.69) is 79.4 Å². The second-order valence-electron chi connectivity index (χ2n) is 9.08. The lowest BCUT2D eigenvalue weighted by Gasteiger charge is -2.41. The van der Waals surface area contributed by atoms with Crippen molar-refractivity contribution in [1.82, 2.24) is 4.90 Å². The molecular formula is C16H39NO2Si2. The molecule has 0 fully saturated rings. The first kappa shape index (κ1) is 21.3. The molecule has 0 spiro atoms. The summed E-state index contributed by atoms with van der Waals surface area (Å²) in [5, 5.41) is 0.238. The maximum absolute atomic E-state index is 6.67. The van der Waals surface area contributed by atoms with Gasteiger partial charge in [-0.2, -0.15) is 0 Å². The van der Waals surface area contributed by atoms with Gasteiger partial charge in [0.2, 0.25) is 0 Å². The van der Waals surface area contributed by atoms with Gasteiger partial charge in [-0.3, -0.25) is 0 Å². The van der Waals surface area contributed by atoms with Crippen LogP contribution in [-0.4, -0.2) is 54.9 Å². The number of nitrogens with zero attached hydrogens (tertiary/aromatic N) is 1. The van der Waals surface area contributed by atoms with E-state index in [-0.39, 0.29) is 11.1 Å². The van der Waals surface area contributed by atoms with Gasteiger partial charge in [-0.25, -0.2) is 0 Å². The summed E-state index contributed by atoms with van der Waals surface area (Å²) in [5.41, 5.74) is 0. The Balaban J connectivity index is 4.96. The van der Waals surface area contributed by atoms with Crippen molar-refractivity contribution in [3.05, 3.63) is 0 Å². The minimum absolute atomic E-state index is 0.194. The van der Waals surface area contributed by atoms with Crippen LogP contribution >= 0.6 is 0 Å². The molecular weight excluding hydrogens is 294 g/mol. The van der Waals surface area contributed by atoms with Crippen LogP contribution in [0.5, 0.6) is 0 Å². The fraction of sp³-hybridized carbons (Fsp3) is 1.00. The third-order valence-corrected chi connectivity index (χ3v) is 9.76. The van der Waals surface area contributed by atoms with E-state index in [0.29, 0.717) is 5.92 Å². The minimum Gasteiger partial charge on any atom is -0.415 e. The van der Waals surface area contributed by atoms with Crippen LogP contribution in [0.2, 0.25) is 37.8 Å². The highest BCUT2D eigenvalue weighted by molar-refractivity contribution is 6.74. The van der Waals surface area contributed by atoms with Gasteiger partial charge >= 0.3 is 0 Å². The Morgan fingerprint density at radius 1 is 1.00 bits per heavy atom. The Kier molecular flexibility index (Phi) is 7.84. The molecule has 0 aromatic carbocycles. The van der Waals surface area contributed by atoms with E-state index in [9.17, 15) is 0 Å². The highest BCUT2D eigenvalue weighted by Gasteiger charge is 2.40. The van der Waals surface area contributed by atoms with Crippen LogP contribution < -0.4 is 0 Å². The molecule has 3 nitrogen and oxygen atoms in total. The van der Waals surface area contributed by atoms with Gasteiger partial charge in [0.1, 0.15) is 0 Å². The fourth-order valence-electron chi connectivity index (χ4n) is 1.90. The van der Waals surface area contributed by atoms with Crippen LogP contribution in [0.15, 0.2) is 0 Å². The normalized spacial score (nSPS) is 17.1. The summed E-state index contributed by atoms with van der Waals surface area (Å²) in [6.07, 6.45) is 0.194. The van der Waals surface area contributed by atoms with E-state index in [0.717, 1.165) is 13.2 Å². The average molecular weight is 334 g/mol.